The minimum Gasteiger partial charge on any atom is -0.378 e. The van der Waals surface area contributed by atoms with E-state index in [2.05, 4.69) is 10.9 Å². The van der Waals surface area contributed by atoms with Crippen LogP contribution in [0.4, 0.5) is 0 Å². The summed E-state index contributed by atoms with van der Waals surface area (Å²) in [6.45, 7) is 0. The summed E-state index contributed by atoms with van der Waals surface area (Å²) >= 11 is 0. The monoisotopic (exact) mass is 180 g/mol. The van der Waals surface area contributed by atoms with Gasteiger partial charge in [-0.1, -0.05) is 12.1 Å². The van der Waals surface area contributed by atoms with E-state index in [1.54, 1.807) is 18.2 Å². The summed E-state index contributed by atoms with van der Waals surface area (Å²) in [6, 6.07) is 7.08. The summed E-state index contributed by atoms with van der Waals surface area (Å²) in [5.74, 6) is 0. The summed E-state index contributed by atoms with van der Waals surface area (Å²) in [5, 5.41) is 2.85. The molecule has 0 spiro atoms. The molecular formula is C8H8N2O3. The van der Waals surface area contributed by atoms with Crippen molar-refractivity contribution in [1.29, 1.82) is 0 Å². The van der Waals surface area contributed by atoms with Crippen molar-refractivity contribution in [2.75, 3.05) is 0 Å². The van der Waals surface area contributed by atoms with Gasteiger partial charge in [-0.25, -0.2) is 0 Å². The van der Waals surface area contributed by atoms with Crippen molar-refractivity contribution in [2.24, 2.45) is 5.73 Å². The minimum absolute atomic E-state index is 0.171. The minimum atomic E-state index is -0.171. The Labute approximate surface area is 73.1 Å². The van der Waals surface area contributed by atoms with E-state index in [1.807, 2.05) is 6.07 Å². The first-order valence-corrected chi connectivity index (χ1v) is 3.51. The fourth-order valence-corrected chi connectivity index (χ4v) is 0.900. The molecule has 3 N–H and O–H groups in total. The second-order valence-corrected chi connectivity index (χ2v) is 2.17. The molecule has 0 fully saturated rings. The van der Waals surface area contributed by atoms with Crippen molar-refractivity contribution < 1.29 is 9.32 Å². The standard InChI is InChI=1S/C7H5NO2.CH3NO/c9-7-5-3-1-2-4-6(5)10-8-7;2-1-3/h1-4H,(H,8,9);1H,(H2,2,3). The van der Waals surface area contributed by atoms with Gasteiger partial charge >= 0.3 is 0 Å². The summed E-state index contributed by atoms with van der Waals surface area (Å²) < 4.78 is 4.81. The highest BCUT2D eigenvalue weighted by Gasteiger charge is 1.98. The molecule has 0 aliphatic rings. The van der Waals surface area contributed by atoms with Gasteiger partial charge in [0.15, 0.2) is 5.58 Å². The molecule has 0 aliphatic carbocycles. The zero-order valence-electron chi connectivity index (χ0n) is 6.69. The second kappa shape index (κ2) is 4.10. The average molecular weight is 180 g/mol. The number of benzene rings is 1. The van der Waals surface area contributed by atoms with Crippen LogP contribution in [0.5, 0.6) is 0 Å². The zero-order valence-corrected chi connectivity index (χ0v) is 6.69. The van der Waals surface area contributed by atoms with Crippen LogP contribution in [0.25, 0.3) is 11.0 Å². The topological polar surface area (TPSA) is 89.1 Å². The van der Waals surface area contributed by atoms with Gasteiger partial charge in [-0.05, 0) is 12.1 Å². The largest absolute Gasteiger partial charge is 0.378 e. The first-order valence-electron chi connectivity index (χ1n) is 3.51. The molecule has 0 bridgehead atoms. The van der Waals surface area contributed by atoms with Crippen LogP contribution in [-0.4, -0.2) is 11.6 Å². The molecule has 1 aromatic carbocycles. The van der Waals surface area contributed by atoms with Crippen molar-refractivity contribution in [2.45, 2.75) is 0 Å². The SMILES string of the molecule is NC=O.O=c1[nH]oc2ccccc12. The summed E-state index contributed by atoms with van der Waals surface area (Å²) in [5.41, 5.74) is 4.60. The fourth-order valence-electron chi connectivity index (χ4n) is 0.900. The van der Waals surface area contributed by atoms with E-state index < -0.39 is 0 Å². The Hall–Kier alpha value is -2.04. The fraction of sp³-hybridized carbons (Fsp3) is 0. The van der Waals surface area contributed by atoms with Crippen molar-refractivity contribution in [3.8, 4) is 0 Å². The smallest absolute Gasteiger partial charge is 0.287 e. The highest BCUT2D eigenvalue weighted by molar-refractivity contribution is 5.75. The molecule has 1 heterocycles. The Bertz CT molecular complexity index is 444. The lowest BCUT2D eigenvalue weighted by atomic mass is 10.3. The van der Waals surface area contributed by atoms with E-state index in [0.29, 0.717) is 11.0 Å². The zero-order chi connectivity index (χ0) is 9.68. The molecule has 0 atom stereocenters. The van der Waals surface area contributed by atoms with Crippen molar-refractivity contribution >= 4 is 17.4 Å². The van der Waals surface area contributed by atoms with Gasteiger partial charge in [0.05, 0.1) is 5.39 Å². The lowest BCUT2D eigenvalue weighted by Gasteiger charge is -1.78. The number of rotatable bonds is 0. The Kier molecular flexibility index (Phi) is 2.86. The highest BCUT2D eigenvalue weighted by atomic mass is 16.5. The highest BCUT2D eigenvalue weighted by Crippen LogP contribution is 2.05. The van der Waals surface area contributed by atoms with Crippen LogP contribution < -0.4 is 11.3 Å². The van der Waals surface area contributed by atoms with Crippen LogP contribution in [-0.2, 0) is 4.79 Å². The second-order valence-electron chi connectivity index (χ2n) is 2.17. The van der Waals surface area contributed by atoms with E-state index in [-0.39, 0.29) is 12.0 Å². The number of aromatic nitrogens is 1. The van der Waals surface area contributed by atoms with Gasteiger partial charge in [0.1, 0.15) is 0 Å². The first-order chi connectivity index (χ1) is 6.29. The first kappa shape index (κ1) is 9.05. The van der Waals surface area contributed by atoms with Crippen LogP contribution in [0.2, 0.25) is 0 Å². The number of primary amides is 1. The third-order valence-corrected chi connectivity index (χ3v) is 1.39. The number of aromatic amines is 1. The number of hydrogen-bond acceptors (Lipinski definition) is 3. The molecule has 0 saturated heterocycles. The molecule has 0 unspecified atom stereocenters. The lowest BCUT2D eigenvalue weighted by Crippen LogP contribution is -1.95. The molecule has 1 aromatic heterocycles. The van der Waals surface area contributed by atoms with Crippen molar-refractivity contribution in [1.82, 2.24) is 5.16 Å². The summed E-state index contributed by atoms with van der Waals surface area (Å²) in [4.78, 5) is 19.4. The van der Waals surface area contributed by atoms with Crippen LogP contribution >= 0.6 is 0 Å². The van der Waals surface area contributed by atoms with E-state index in [0.717, 1.165) is 0 Å². The molecule has 68 valence electrons. The van der Waals surface area contributed by atoms with E-state index in [1.165, 1.54) is 0 Å². The van der Waals surface area contributed by atoms with Gasteiger partial charge in [0.25, 0.3) is 5.56 Å². The van der Waals surface area contributed by atoms with Crippen LogP contribution in [0, 0.1) is 0 Å². The Balaban J connectivity index is 0.000000251. The number of nitrogens with one attached hydrogen (secondary N) is 1. The Morgan fingerprint density at radius 2 is 2.00 bits per heavy atom. The number of amides is 1. The summed E-state index contributed by atoms with van der Waals surface area (Å²) in [7, 11) is 0. The average Bonchev–Trinajstić information content (AvgIpc) is 2.50. The van der Waals surface area contributed by atoms with Gasteiger partial charge in [-0.15, -0.1) is 0 Å². The quantitative estimate of drug-likeness (QED) is 0.568. The number of fused-ring (bicyclic) bond motifs is 1. The van der Waals surface area contributed by atoms with Crippen molar-refractivity contribution in [3.63, 3.8) is 0 Å². The van der Waals surface area contributed by atoms with Crippen LogP contribution in [0.15, 0.2) is 33.6 Å². The van der Waals surface area contributed by atoms with Gasteiger partial charge in [0.2, 0.25) is 6.41 Å². The summed E-state index contributed by atoms with van der Waals surface area (Å²) in [6.07, 6.45) is 0.250. The predicted molar refractivity (Wildman–Crippen MR) is 47.1 cm³/mol. The van der Waals surface area contributed by atoms with E-state index in [4.69, 9.17) is 9.32 Å². The predicted octanol–water partition coefficient (Wildman–Crippen LogP) is 0.223. The molecule has 0 aliphatic heterocycles. The van der Waals surface area contributed by atoms with Gasteiger partial charge < -0.3 is 10.3 Å². The molecule has 0 saturated carbocycles. The molecule has 2 aromatic rings. The third kappa shape index (κ3) is 1.96. The molecule has 13 heavy (non-hydrogen) atoms. The van der Waals surface area contributed by atoms with Gasteiger partial charge in [0, 0.05) is 0 Å². The maximum atomic E-state index is 10.8. The lowest BCUT2D eigenvalue weighted by molar-refractivity contribution is -0.106. The van der Waals surface area contributed by atoms with Gasteiger partial charge in [-0.3, -0.25) is 9.59 Å². The molecular weight excluding hydrogens is 172 g/mol. The maximum Gasteiger partial charge on any atom is 0.287 e. The molecule has 2 rings (SSSR count). The Morgan fingerprint density at radius 1 is 1.38 bits per heavy atom. The molecule has 5 heteroatoms. The molecule has 0 radical (unpaired) electrons. The number of carbonyl (C=O) groups is 1. The number of H-pyrrole nitrogens is 1. The molecule has 1 amide bonds. The van der Waals surface area contributed by atoms with Crippen LogP contribution in [0.3, 0.4) is 0 Å². The Morgan fingerprint density at radius 3 is 2.62 bits per heavy atom. The van der Waals surface area contributed by atoms with Gasteiger partial charge in [-0.2, -0.15) is 5.16 Å². The van der Waals surface area contributed by atoms with E-state index in [9.17, 15) is 4.79 Å². The maximum absolute atomic E-state index is 10.8. The number of hydrogen-bond donors (Lipinski definition) is 2. The normalized spacial score (nSPS) is 8.92. The number of nitrogens with two attached hydrogens (primary N) is 1. The van der Waals surface area contributed by atoms with Crippen LogP contribution in [0.1, 0.15) is 0 Å². The van der Waals surface area contributed by atoms with E-state index >= 15 is 0 Å². The molecule has 5 nitrogen and oxygen atoms in total. The third-order valence-electron chi connectivity index (χ3n) is 1.39. The van der Waals surface area contributed by atoms with Crippen molar-refractivity contribution in [3.05, 3.63) is 34.6 Å². The number of para-hydroxylation sites is 1. The number of carbonyl (C=O) groups excluding carboxylic acids is 1.